The van der Waals surface area contributed by atoms with Crippen LogP contribution in [-0.4, -0.2) is 52.5 Å². The molecule has 1 aromatic heterocycles. The maximum absolute atomic E-state index is 14.0. The average molecular weight is 547 g/mol. The summed E-state index contributed by atoms with van der Waals surface area (Å²) in [4.78, 5) is 17.5. The van der Waals surface area contributed by atoms with Crippen LogP contribution < -0.4 is 4.74 Å². The number of benzene rings is 1. The number of para-hydroxylation sites is 1. The molecular formula is C29H37ClNO3S2+. The van der Waals surface area contributed by atoms with Crippen molar-refractivity contribution in [1.29, 1.82) is 0 Å². The summed E-state index contributed by atoms with van der Waals surface area (Å²) in [6.45, 7) is 12.6. The molecule has 2 atom stereocenters. The normalized spacial score (nSPS) is 18.4. The molecule has 4 nitrogen and oxygen atoms in total. The Hall–Kier alpha value is -1.73. The fraction of sp³-hybridized carbons (Fsp3) is 0.483. The summed E-state index contributed by atoms with van der Waals surface area (Å²) in [7, 11) is 0.0271. The number of thiophene rings is 1. The third-order valence-electron chi connectivity index (χ3n) is 6.92. The number of amides is 1. The van der Waals surface area contributed by atoms with E-state index in [1.165, 1.54) is 0 Å². The van der Waals surface area contributed by atoms with Crippen LogP contribution in [0.5, 0.6) is 5.75 Å². The van der Waals surface area contributed by atoms with E-state index in [0.29, 0.717) is 31.2 Å². The molecule has 0 N–H and O–H groups in total. The largest absolute Gasteiger partial charge is 0.493 e. The number of rotatable bonds is 7. The van der Waals surface area contributed by atoms with Crippen molar-refractivity contribution in [2.75, 3.05) is 26.0 Å². The fourth-order valence-electron chi connectivity index (χ4n) is 4.62. The topological polar surface area (TPSA) is 38.8 Å². The van der Waals surface area contributed by atoms with E-state index in [1.54, 1.807) is 11.3 Å². The second kappa shape index (κ2) is 10.9. The zero-order valence-corrected chi connectivity index (χ0v) is 24.5. The molecule has 1 aliphatic carbocycles. The first-order chi connectivity index (χ1) is 17.0. The van der Waals surface area contributed by atoms with Crippen LogP contribution in [0.15, 0.2) is 53.6 Å². The van der Waals surface area contributed by atoms with Gasteiger partial charge in [0.25, 0.3) is 5.91 Å². The fourth-order valence-corrected chi connectivity index (χ4v) is 7.83. The molecular weight excluding hydrogens is 510 g/mol. The number of hydrogen-bond acceptors (Lipinski definition) is 4. The van der Waals surface area contributed by atoms with E-state index < -0.39 is 0 Å². The van der Waals surface area contributed by atoms with Crippen LogP contribution in [-0.2, 0) is 22.1 Å². The number of carbonyl (C=O) groups excluding carboxylic acids is 1. The molecule has 1 aromatic carbocycles. The van der Waals surface area contributed by atoms with Gasteiger partial charge < -0.3 is 14.4 Å². The summed E-state index contributed by atoms with van der Waals surface area (Å²) in [6.07, 6.45) is 9.66. The lowest BCUT2D eigenvalue weighted by Crippen LogP contribution is -2.47. The summed E-state index contributed by atoms with van der Waals surface area (Å²) < 4.78 is 12.5. The second-order valence-corrected chi connectivity index (χ2v) is 15.4. The molecule has 1 aliphatic heterocycles. The Morgan fingerprint density at radius 1 is 1.25 bits per heavy atom. The Balaban J connectivity index is 1.58. The third kappa shape index (κ3) is 5.88. The van der Waals surface area contributed by atoms with Gasteiger partial charge in [-0.1, -0.05) is 35.9 Å². The van der Waals surface area contributed by atoms with Crippen molar-refractivity contribution >= 4 is 39.7 Å². The number of halogens is 1. The predicted molar refractivity (Wildman–Crippen MR) is 155 cm³/mol. The van der Waals surface area contributed by atoms with Crippen molar-refractivity contribution in [3.63, 3.8) is 0 Å². The molecule has 0 radical (unpaired) electrons. The highest BCUT2D eigenvalue weighted by atomic mass is 35.5. The van der Waals surface area contributed by atoms with Gasteiger partial charge in [-0.3, -0.25) is 4.79 Å². The van der Waals surface area contributed by atoms with E-state index in [-0.39, 0.29) is 32.5 Å². The number of carbonyl (C=O) groups is 1. The zero-order chi connectivity index (χ0) is 26.1. The van der Waals surface area contributed by atoms with Gasteiger partial charge in [-0.2, -0.15) is 0 Å². The smallest absolute Gasteiger partial charge is 0.264 e. The summed E-state index contributed by atoms with van der Waals surface area (Å²) in [5.41, 5.74) is 2.22. The van der Waals surface area contributed by atoms with Crippen LogP contribution in [0.3, 0.4) is 0 Å². The molecule has 2 aliphatic rings. The summed E-state index contributed by atoms with van der Waals surface area (Å²) >= 11 is 8.19. The van der Waals surface area contributed by atoms with Crippen molar-refractivity contribution in [1.82, 2.24) is 4.90 Å². The van der Waals surface area contributed by atoms with Gasteiger partial charge in [0.1, 0.15) is 16.8 Å². The van der Waals surface area contributed by atoms with Crippen molar-refractivity contribution in [2.24, 2.45) is 0 Å². The van der Waals surface area contributed by atoms with Gasteiger partial charge in [-0.25, -0.2) is 0 Å². The molecule has 194 valence electrons. The lowest BCUT2D eigenvalue weighted by molar-refractivity contribution is 0.0263. The highest BCUT2D eigenvalue weighted by Gasteiger charge is 2.45. The number of allylic oxidation sites excluding steroid dienone is 2. The molecule has 2 aromatic rings. The minimum absolute atomic E-state index is 0.00560. The minimum atomic E-state index is -0.289. The zero-order valence-electron chi connectivity index (χ0n) is 22.1. The molecule has 7 heteroatoms. The monoisotopic (exact) mass is 546 g/mol. The molecule has 0 fully saturated rings. The van der Waals surface area contributed by atoms with Gasteiger partial charge >= 0.3 is 0 Å². The van der Waals surface area contributed by atoms with Gasteiger partial charge in [-0.15, -0.1) is 11.3 Å². The van der Waals surface area contributed by atoms with E-state index >= 15 is 0 Å². The van der Waals surface area contributed by atoms with E-state index in [0.717, 1.165) is 33.1 Å². The predicted octanol–water partition coefficient (Wildman–Crippen LogP) is 7.04. The number of ether oxygens (including phenoxy) is 2. The van der Waals surface area contributed by atoms with Crippen LogP contribution in [0.1, 0.15) is 56.3 Å². The number of nitrogens with zero attached hydrogens (tertiary/aromatic N) is 1. The quantitative estimate of drug-likeness (QED) is 0.349. The Bertz CT molecular complexity index is 1160. The van der Waals surface area contributed by atoms with Crippen molar-refractivity contribution in [3.05, 3.63) is 64.0 Å². The lowest BCUT2D eigenvalue weighted by atomic mass is 10.1. The van der Waals surface area contributed by atoms with Crippen molar-refractivity contribution in [3.8, 4) is 16.2 Å². The summed E-state index contributed by atoms with van der Waals surface area (Å²) in [5.74, 6) is 0.882. The first-order valence-electron chi connectivity index (χ1n) is 12.5. The molecule has 2 unspecified atom stereocenters. The second-order valence-electron chi connectivity index (χ2n) is 10.7. The Morgan fingerprint density at radius 2 is 2.00 bits per heavy atom. The van der Waals surface area contributed by atoms with E-state index in [4.69, 9.17) is 21.1 Å². The van der Waals surface area contributed by atoms with Crippen LogP contribution in [0.25, 0.3) is 10.4 Å². The molecule has 1 amide bonds. The van der Waals surface area contributed by atoms with E-state index in [9.17, 15) is 4.79 Å². The van der Waals surface area contributed by atoms with Crippen molar-refractivity contribution < 1.29 is 14.3 Å². The highest BCUT2D eigenvalue weighted by molar-refractivity contribution is 7.98. The number of fused-ring (bicyclic) bond motifs is 3. The molecule has 0 saturated heterocycles. The van der Waals surface area contributed by atoms with Crippen LogP contribution in [0.2, 0.25) is 0 Å². The highest BCUT2D eigenvalue weighted by Crippen LogP contribution is 2.41. The maximum atomic E-state index is 14.0. The molecule has 36 heavy (non-hydrogen) atoms. The molecule has 0 bridgehead atoms. The minimum Gasteiger partial charge on any atom is -0.493 e. The Kier molecular flexibility index (Phi) is 8.30. The van der Waals surface area contributed by atoms with Crippen LogP contribution in [0.4, 0.5) is 0 Å². The molecule has 0 saturated carbocycles. The lowest BCUT2D eigenvalue weighted by Gasteiger charge is -2.34. The molecule has 2 heterocycles. The third-order valence-corrected chi connectivity index (χ3v) is 11.9. The van der Waals surface area contributed by atoms with Gasteiger partial charge in [0, 0.05) is 53.2 Å². The van der Waals surface area contributed by atoms with Crippen LogP contribution in [0, 0.1) is 0 Å². The average Bonchev–Trinajstić information content (AvgIpc) is 3.17. The first kappa shape index (κ1) is 27.3. The molecule has 0 spiro atoms. The van der Waals surface area contributed by atoms with Gasteiger partial charge in [0.15, 0.2) is 0 Å². The standard InChI is InChI=1S/C29H37ClNO3S2/c1-28(2,3)36(6)29(4,5)34-18-16-31(23-13-9-8-12-22(23)30)27(32)25-19-20-15-17-33-24-14-10-7-11-21(24)26(20)35-25/h7-12,14,19,23H,13,15-18H2,1-6H3/q+1. The van der Waals surface area contributed by atoms with Crippen LogP contribution >= 0.6 is 22.9 Å². The van der Waals surface area contributed by atoms with E-state index in [2.05, 4.69) is 53.0 Å². The summed E-state index contributed by atoms with van der Waals surface area (Å²) in [5, 5.41) is 0.687. The van der Waals surface area contributed by atoms with Crippen molar-refractivity contribution in [2.45, 2.75) is 63.2 Å². The van der Waals surface area contributed by atoms with Gasteiger partial charge in [-0.05, 0) is 57.0 Å². The number of hydrogen-bond donors (Lipinski definition) is 0. The summed E-state index contributed by atoms with van der Waals surface area (Å²) in [6, 6.07) is 9.93. The van der Waals surface area contributed by atoms with Gasteiger partial charge in [0.05, 0.1) is 24.1 Å². The first-order valence-corrected chi connectivity index (χ1v) is 15.3. The maximum Gasteiger partial charge on any atom is 0.264 e. The SMILES string of the molecule is C[S+](C(C)(C)C)C(C)(C)OCCN(C(=O)c1cc2c(s1)-c1ccccc1OCC2)C1CC=CC=C1Cl. The van der Waals surface area contributed by atoms with Gasteiger partial charge in [0.2, 0.25) is 4.93 Å². The Morgan fingerprint density at radius 3 is 2.72 bits per heavy atom. The van der Waals surface area contributed by atoms with E-state index in [1.807, 2.05) is 41.3 Å². The Labute approximate surface area is 227 Å². The molecule has 4 rings (SSSR count).